The minimum Gasteiger partial charge on any atom is -0.460 e. The number of fused-ring (bicyclic) bond motifs is 1. The second kappa shape index (κ2) is 9.29. The lowest BCUT2D eigenvalue weighted by molar-refractivity contribution is -0.146. The van der Waals surface area contributed by atoms with Gasteiger partial charge in [-0.3, -0.25) is 4.79 Å². The van der Waals surface area contributed by atoms with Crippen LogP contribution in [-0.4, -0.2) is 22.0 Å². The number of anilines is 1. The fourth-order valence-electron chi connectivity index (χ4n) is 4.34. The third kappa shape index (κ3) is 4.35. The third-order valence-corrected chi connectivity index (χ3v) is 6.20. The van der Waals surface area contributed by atoms with E-state index in [4.69, 9.17) is 26.3 Å². The van der Waals surface area contributed by atoms with Crippen LogP contribution in [0.25, 0.3) is 11.3 Å². The fraction of sp³-hybridized carbons (Fsp3) is 0.346. The van der Waals surface area contributed by atoms with Gasteiger partial charge in [0.05, 0.1) is 28.1 Å². The van der Waals surface area contributed by atoms with Crippen molar-refractivity contribution in [1.82, 2.24) is 9.97 Å². The summed E-state index contributed by atoms with van der Waals surface area (Å²) < 4.78 is 5.66. The molecule has 0 radical (unpaired) electrons. The number of hydrogen-bond acceptors (Lipinski definition) is 5. The number of ether oxygens (including phenoxy) is 1. The Kier molecular flexibility index (Phi) is 6.47. The molecule has 32 heavy (non-hydrogen) atoms. The monoisotopic (exact) mass is 449 g/mol. The molecule has 6 heteroatoms. The Morgan fingerprint density at radius 3 is 2.56 bits per heavy atom. The Morgan fingerprint density at radius 1 is 1.12 bits per heavy atom. The number of carbonyl (C=O) groups is 1. The van der Waals surface area contributed by atoms with Crippen LogP contribution < -0.4 is 5.32 Å². The van der Waals surface area contributed by atoms with E-state index in [0.717, 1.165) is 46.0 Å². The third-order valence-electron chi connectivity index (χ3n) is 5.88. The standard InChI is InChI=1S/C26H28ClN3O2/c1-5-21-24(19-12-11-15(3)13-20(19)27)28-22(6-2)26(29-21)30-25-18-10-8-7-9-17(18)14-23(25)32-16(4)31/h7-13,23,25H,5-6,14H2,1-4H3,(H,29,30)/t23-,25+/m0/s1. The van der Waals surface area contributed by atoms with Gasteiger partial charge >= 0.3 is 5.97 Å². The summed E-state index contributed by atoms with van der Waals surface area (Å²) >= 11 is 6.56. The molecule has 0 saturated carbocycles. The Hall–Kier alpha value is -2.92. The van der Waals surface area contributed by atoms with E-state index < -0.39 is 0 Å². The molecule has 1 heterocycles. The first-order valence-electron chi connectivity index (χ1n) is 11.1. The smallest absolute Gasteiger partial charge is 0.302 e. The summed E-state index contributed by atoms with van der Waals surface area (Å²) in [5.41, 5.74) is 6.88. The molecule has 0 amide bonds. The van der Waals surface area contributed by atoms with Gasteiger partial charge in [-0.05, 0) is 42.5 Å². The van der Waals surface area contributed by atoms with Gasteiger partial charge in [0.2, 0.25) is 0 Å². The molecule has 4 rings (SSSR count). The first-order chi connectivity index (χ1) is 15.4. The number of aromatic nitrogens is 2. The van der Waals surface area contributed by atoms with Gasteiger partial charge in [0.1, 0.15) is 11.9 Å². The van der Waals surface area contributed by atoms with E-state index in [2.05, 4.69) is 31.3 Å². The number of benzene rings is 2. The van der Waals surface area contributed by atoms with Crippen LogP contribution in [0, 0.1) is 6.92 Å². The molecule has 1 aliphatic rings. The maximum absolute atomic E-state index is 11.7. The van der Waals surface area contributed by atoms with Crippen molar-refractivity contribution in [1.29, 1.82) is 0 Å². The molecule has 2 aromatic carbocycles. The highest BCUT2D eigenvalue weighted by Crippen LogP contribution is 2.37. The predicted molar refractivity (Wildman–Crippen MR) is 128 cm³/mol. The second-order valence-corrected chi connectivity index (χ2v) is 8.58. The Balaban J connectivity index is 1.75. The number of aryl methyl sites for hydroxylation is 3. The zero-order valence-corrected chi connectivity index (χ0v) is 19.7. The van der Waals surface area contributed by atoms with Gasteiger partial charge < -0.3 is 10.1 Å². The second-order valence-electron chi connectivity index (χ2n) is 8.18. The van der Waals surface area contributed by atoms with Crippen LogP contribution in [0.15, 0.2) is 42.5 Å². The number of nitrogens with one attached hydrogen (secondary N) is 1. The van der Waals surface area contributed by atoms with Crippen LogP contribution in [0.5, 0.6) is 0 Å². The molecule has 0 bridgehead atoms. The Labute approximate surface area is 194 Å². The van der Waals surface area contributed by atoms with E-state index in [1.165, 1.54) is 12.5 Å². The van der Waals surface area contributed by atoms with Gasteiger partial charge in [-0.25, -0.2) is 9.97 Å². The van der Waals surface area contributed by atoms with Gasteiger partial charge in [0, 0.05) is 18.9 Å². The highest BCUT2D eigenvalue weighted by atomic mass is 35.5. The normalized spacial score (nSPS) is 17.2. The van der Waals surface area contributed by atoms with E-state index >= 15 is 0 Å². The average molecular weight is 450 g/mol. The summed E-state index contributed by atoms with van der Waals surface area (Å²) in [6, 6.07) is 14.0. The van der Waals surface area contributed by atoms with Crippen molar-refractivity contribution in [2.45, 2.75) is 59.1 Å². The van der Waals surface area contributed by atoms with Crippen LogP contribution in [0.2, 0.25) is 5.02 Å². The van der Waals surface area contributed by atoms with Crippen molar-refractivity contribution in [3.8, 4) is 11.3 Å². The fourth-order valence-corrected chi connectivity index (χ4v) is 4.67. The molecule has 1 aliphatic carbocycles. The zero-order valence-electron chi connectivity index (χ0n) is 18.9. The molecule has 0 saturated heterocycles. The van der Waals surface area contributed by atoms with Crippen LogP contribution >= 0.6 is 11.6 Å². The molecule has 3 aromatic rings. The molecule has 1 N–H and O–H groups in total. The van der Waals surface area contributed by atoms with E-state index in [0.29, 0.717) is 17.9 Å². The molecule has 1 aromatic heterocycles. The van der Waals surface area contributed by atoms with Crippen LogP contribution in [-0.2, 0) is 28.8 Å². The molecular formula is C26H28ClN3O2. The largest absolute Gasteiger partial charge is 0.460 e. The molecular weight excluding hydrogens is 422 g/mol. The summed E-state index contributed by atoms with van der Waals surface area (Å²) in [5.74, 6) is 0.449. The maximum Gasteiger partial charge on any atom is 0.302 e. The zero-order chi connectivity index (χ0) is 22.8. The predicted octanol–water partition coefficient (Wildman–Crippen LogP) is 5.87. The van der Waals surface area contributed by atoms with Crippen molar-refractivity contribution in [2.24, 2.45) is 0 Å². The van der Waals surface area contributed by atoms with E-state index in [9.17, 15) is 4.79 Å². The summed E-state index contributed by atoms with van der Waals surface area (Å²) in [4.78, 5) is 21.7. The molecule has 0 spiro atoms. The minimum atomic E-state index is -0.285. The van der Waals surface area contributed by atoms with Crippen molar-refractivity contribution < 1.29 is 9.53 Å². The average Bonchev–Trinajstić information content (AvgIpc) is 3.10. The summed E-state index contributed by atoms with van der Waals surface area (Å²) in [6.07, 6.45) is 1.83. The highest BCUT2D eigenvalue weighted by Gasteiger charge is 2.35. The lowest BCUT2D eigenvalue weighted by atomic mass is 10.0. The van der Waals surface area contributed by atoms with Gasteiger partial charge in [-0.1, -0.05) is 61.8 Å². The summed E-state index contributed by atoms with van der Waals surface area (Å²) in [5, 5.41) is 4.24. The molecule has 0 unspecified atom stereocenters. The van der Waals surface area contributed by atoms with Crippen LogP contribution in [0.1, 0.15) is 54.9 Å². The molecule has 0 fully saturated rings. The Morgan fingerprint density at radius 2 is 1.88 bits per heavy atom. The van der Waals surface area contributed by atoms with Gasteiger partial charge in [-0.2, -0.15) is 0 Å². The summed E-state index contributed by atoms with van der Waals surface area (Å²) in [7, 11) is 0. The Bertz CT molecular complexity index is 1160. The van der Waals surface area contributed by atoms with Crippen molar-refractivity contribution in [3.63, 3.8) is 0 Å². The number of rotatable bonds is 6. The van der Waals surface area contributed by atoms with E-state index in [1.807, 2.05) is 37.3 Å². The van der Waals surface area contributed by atoms with Gasteiger partial charge in [0.25, 0.3) is 0 Å². The molecule has 166 valence electrons. The van der Waals surface area contributed by atoms with Crippen molar-refractivity contribution in [3.05, 3.63) is 75.6 Å². The molecule has 0 aliphatic heterocycles. The lowest BCUT2D eigenvalue weighted by Crippen LogP contribution is -2.27. The van der Waals surface area contributed by atoms with E-state index in [-0.39, 0.29) is 18.1 Å². The number of esters is 1. The lowest BCUT2D eigenvalue weighted by Gasteiger charge is -2.24. The van der Waals surface area contributed by atoms with Gasteiger partial charge in [-0.15, -0.1) is 0 Å². The topological polar surface area (TPSA) is 64.1 Å². The molecule has 5 nitrogen and oxygen atoms in total. The van der Waals surface area contributed by atoms with Crippen LogP contribution in [0.3, 0.4) is 0 Å². The quantitative estimate of drug-likeness (QED) is 0.476. The number of halogens is 1. The summed E-state index contributed by atoms with van der Waals surface area (Å²) in [6.45, 7) is 7.60. The maximum atomic E-state index is 11.7. The van der Waals surface area contributed by atoms with Crippen molar-refractivity contribution >= 4 is 23.4 Å². The van der Waals surface area contributed by atoms with Crippen molar-refractivity contribution in [2.75, 3.05) is 5.32 Å². The molecule has 2 atom stereocenters. The first-order valence-corrected chi connectivity index (χ1v) is 11.5. The minimum absolute atomic E-state index is 0.173. The first kappa shape index (κ1) is 22.3. The highest BCUT2D eigenvalue weighted by molar-refractivity contribution is 6.33. The van der Waals surface area contributed by atoms with E-state index in [1.54, 1.807) is 0 Å². The van der Waals surface area contributed by atoms with Gasteiger partial charge in [0.15, 0.2) is 0 Å². The number of hydrogen-bond donors (Lipinski definition) is 1. The number of nitrogens with zero attached hydrogens (tertiary/aromatic N) is 2. The number of carbonyl (C=O) groups excluding carboxylic acids is 1. The SMILES string of the molecule is CCc1nc(-c2ccc(C)cc2Cl)c(CC)nc1N[C@@H]1c2ccccc2C[C@@H]1OC(C)=O. The van der Waals surface area contributed by atoms with Crippen LogP contribution in [0.4, 0.5) is 5.82 Å².